The van der Waals surface area contributed by atoms with Crippen molar-refractivity contribution in [1.29, 1.82) is 0 Å². The third-order valence-corrected chi connectivity index (χ3v) is 6.36. The van der Waals surface area contributed by atoms with Crippen molar-refractivity contribution < 1.29 is 14.3 Å². The van der Waals surface area contributed by atoms with Crippen LogP contribution >= 0.6 is 0 Å². The molecule has 1 saturated heterocycles. The van der Waals surface area contributed by atoms with Gasteiger partial charge in [-0.3, -0.25) is 14.5 Å². The maximum Gasteiger partial charge on any atom is 0.266 e. The van der Waals surface area contributed by atoms with Crippen molar-refractivity contribution in [3.8, 4) is 5.75 Å². The van der Waals surface area contributed by atoms with Gasteiger partial charge in [0.1, 0.15) is 5.75 Å². The first-order valence-corrected chi connectivity index (χ1v) is 11.3. The molecule has 2 aliphatic heterocycles. The minimum atomic E-state index is -0.800. The number of nitrogens with zero attached hydrogens (tertiary/aromatic N) is 2. The Morgan fingerprint density at radius 2 is 1.91 bits per heavy atom. The van der Waals surface area contributed by atoms with Gasteiger partial charge in [-0.25, -0.2) is 0 Å². The van der Waals surface area contributed by atoms with E-state index in [1.807, 2.05) is 25.1 Å². The van der Waals surface area contributed by atoms with Gasteiger partial charge in [0.05, 0.1) is 12.1 Å². The molecule has 0 radical (unpaired) electrons. The highest BCUT2D eigenvalue weighted by Crippen LogP contribution is 2.31. The van der Waals surface area contributed by atoms with Gasteiger partial charge in [-0.2, -0.15) is 0 Å². The number of amides is 2. The van der Waals surface area contributed by atoms with Crippen LogP contribution in [-0.4, -0.2) is 62.1 Å². The molecule has 7 nitrogen and oxygen atoms in total. The summed E-state index contributed by atoms with van der Waals surface area (Å²) in [5.74, 6) is 0.158. The fourth-order valence-electron chi connectivity index (χ4n) is 4.28. The van der Waals surface area contributed by atoms with E-state index in [2.05, 4.69) is 52.5 Å². The smallest absolute Gasteiger partial charge is 0.266 e. The highest BCUT2D eigenvalue weighted by Gasteiger charge is 2.29. The Morgan fingerprint density at radius 3 is 2.69 bits per heavy atom. The van der Waals surface area contributed by atoms with E-state index < -0.39 is 6.10 Å². The fraction of sp³-hybridized carbons (Fsp3) is 0.440. The topological polar surface area (TPSA) is 73.9 Å². The molecule has 2 aromatic rings. The molecule has 0 aromatic heterocycles. The zero-order valence-corrected chi connectivity index (χ0v) is 19.1. The molecule has 4 rings (SSSR count). The average molecular weight is 437 g/mol. The van der Waals surface area contributed by atoms with Gasteiger partial charge >= 0.3 is 0 Å². The molecule has 2 heterocycles. The minimum absolute atomic E-state index is 0.0135. The zero-order chi connectivity index (χ0) is 22.7. The summed E-state index contributed by atoms with van der Waals surface area (Å²) >= 11 is 0. The van der Waals surface area contributed by atoms with Crippen molar-refractivity contribution in [3.05, 3.63) is 53.1 Å². The predicted molar refractivity (Wildman–Crippen MR) is 126 cm³/mol. The minimum Gasteiger partial charge on any atom is -0.478 e. The van der Waals surface area contributed by atoms with Crippen molar-refractivity contribution in [2.75, 3.05) is 49.5 Å². The lowest BCUT2D eigenvalue weighted by atomic mass is 10.1. The summed E-state index contributed by atoms with van der Waals surface area (Å²) in [6, 6.07) is 12.1. The second-order valence-electron chi connectivity index (χ2n) is 8.70. The van der Waals surface area contributed by atoms with Crippen molar-refractivity contribution in [3.63, 3.8) is 0 Å². The van der Waals surface area contributed by atoms with Gasteiger partial charge < -0.3 is 20.3 Å². The summed E-state index contributed by atoms with van der Waals surface area (Å²) in [7, 11) is 0. The maximum absolute atomic E-state index is 12.4. The number of rotatable bonds is 6. The second-order valence-corrected chi connectivity index (χ2v) is 8.70. The SMILES string of the molecule is Cc1ccc2c(c1)NC(=O)[C@@H](CC(=O)NCCN1CCN(c3cccc(C)c3C)CC1)O2. The summed E-state index contributed by atoms with van der Waals surface area (Å²) in [4.78, 5) is 29.5. The van der Waals surface area contributed by atoms with Crippen molar-refractivity contribution >= 4 is 23.2 Å². The number of hydrogen-bond donors (Lipinski definition) is 2. The lowest BCUT2D eigenvalue weighted by Gasteiger charge is -2.37. The van der Waals surface area contributed by atoms with Crippen LogP contribution < -0.4 is 20.3 Å². The Balaban J connectivity index is 1.19. The molecule has 0 saturated carbocycles. The summed E-state index contributed by atoms with van der Waals surface area (Å²) < 4.78 is 5.75. The van der Waals surface area contributed by atoms with Gasteiger partial charge in [0.15, 0.2) is 6.10 Å². The van der Waals surface area contributed by atoms with Gasteiger partial charge in [0, 0.05) is 45.0 Å². The summed E-state index contributed by atoms with van der Waals surface area (Å²) in [5.41, 5.74) is 5.69. The van der Waals surface area contributed by atoms with Crippen LogP contribution in [0.2, 0.25) is 0 Å². The van der Waals surface area contributed by atoms with Crippen LogP contribution in [0.15, 0.2) is 36.4 Å². The van der Waals surface area contributed by atoms with Crippen LogP contribution in [0.1, 0.15) is 23.1 Å². The number of ether oxygens (including phenoxy) is 1. The molecule has 2 aromatic carbocycles. The van der Waals surface area contributed by atoms with E-state index in [0.717, 1.165) is 38.3 Å². The van der Waals surface area contributed by atoms with Gasteiger partial charge in [0.25, 0.3) is 5.91 Å². The Hall–Kier alpha value is -3.06. The Morgan fingerprint density at radius 1 is 1.12 bits per heavy atom. The first-order valence-electron chi connectivity index (χ1n) is 11.3. The molecular formula is C25H32N4O3. The highest BCUT2D eigenvalue weighted by molar-refractivity contribution is 6.00. The van der Waals surface area contributed by atoms with E-state index >= 15 is 0 Å². The lowest BCUT2D eigenvalue weighted by Crippen LogP contribution is -2.49. The summed E-state index contributed by atoms with van der Waals surface area (Å²) in [6.07, 6.45) is -0.786. The molecule has 170 valence electrons. The first kappa shape index (κ1) is 22.1. The van der Waals surface area contributed by atoms with E-state index in [4.69, 9.17) is 4.74 Å². The number of carbonyl (C=O) groups is 2. The molecule has 32 heavy (non-hydrogen) atoms. The van der Waals surface area contributed by atoms with E-state index in [1.54, 1.807) is 0 Å². The number of hydrogen-bond acceptors (Lipinski definition) is 5. The number of aryl methyl sites for hydroxylation is 2. The van der Waals surface area contributed by atoms with E-state index in [-0.39, 0.29) is 18.2 Å². The second kappa shape index (κ2) is 9.61. The Kier molecular flexibility index (Phi) is 6.65. The number of piperazine rings is 1. The summed E-state index contributed by atoms with van der Waals surface area (Å²) in [6.45, 7) is 11.5. The Labute approximate surface area is 189 Å². The van der Waals surface area contributed by atoms with Crippen molar-refractivity contribution in [1.82, 2.24) is 10.2 Å². The van der Waals surface area contributed by atoms with E-state index in [0.29, 0.717) is 18.0 Å². The number of benzene rings is 2. The monoisotopic (exact) mass is 436 g/mol. The molecule has 0 spiro atoms. The zero-order valence-electron chi connectivity index (χ0n) is 19.1. The van der Waals surface area contributed by atoms with Gasteiger partial charge in [-0.05, 0) is 55.7 Å². The maximum atomic E-state index is 12.4. The number of carbonyl (C=O) groups excluding carboxylic acids is 2. The van der Waals surface area contributed by atoms with Crippen LogP contribution in [0, 0.1) is 20.8 Å². The first-order chi connectivity index (χ1) is 15.4. The largest absolute Gasteiger partial charge is 0.478 e. The van der Waals surface area contributed by atoms with E-state index in [1.165, 1.54) is 16.8 Å². The van der Waals surface area contributed by atoms with Crippen molar-refractivity contribution in [2.45, 2.75) is 33.3 Å². The number of anilines is 2. The molecule has 7 heteroatoms. The molecule has 1 fully saturated rings. The lowest BCUT2D eigenvalue weighted by molar-refractivity contribution is -0.130. The normalized spacial score (nSPS) is 18.5. The van der Waals surface area contributed by atoms with Gasteiger partial charge in [-0.1, -0.05) is 18.2 Å². The third kappa shape index (κ3) is 5.05. The van der Waals surface area contributed by atoms with Crippen molar-refractivity contribution in [2.24, 2.45) is 0 Å². The average Bonchev–Trinajstić information content (AvgIpc) is 2.77. The van der Waals surface area contributed by atoms with Gasteiger partial charge in [-0.15, -0.1) is 0 Å². The molecule has 2 N–H and O–H groups in total. The van der Waals surface area contributed by atoms with Crippen LogP contribution in [0.4, 0.5) is 11.4 Å². The third-order valence-electron chi connectivity index (χ3n) is 6.36. The predicted octanol–water partition coefficient (Wildman–Crippen LogP) is 2.64. The standard InChI is InChI=1S/C25H32N4O3/c1-17-7-8-22-20(15-17)27-25(31)23(32-22)16-24(30)26-9-10-28-11-13-29(14-12-28)21-6-4-5-18(2)19(21)3/h4-8,15,23H,9-14,16H2,1-3H3,(H,26,30)(H,27,31)/t23-/m1/s1. The van der Waals surface area contributed by atoms with Crippen LogP contribution in [0.5, 0.6) is 5.75 Å². The molecule has 0 bridgehead atoms. The molecule has 0 unspecified atom stereocenters. The van der Waals surface area contributed by atoms with Crippen LogP contribution in [-0.2, 0) is 9.59 Å². The number of fused-ring (bicyclic) bond motifs is 1. The molecule has 2 aliphatic rings. The number of nitrogens with one attached hydrogen (secondary N) is 2. The summed E-state index contributed by atoms with van der Waals surface area (Å²) in [5, 5.41) is 5.77. The van der Waals surface area contributed by atoms with E-state index in [9.17, 15) is 9.59 Å². The molecular weight excluding hydrogens is 404 g/mol. The van der Waals surface area contributed by atoms with Crippen LogP contribution in [0.25, 0.3) is 0 Å². The van der Waals surface area contributed by atoms with Gasteiger partial charge in [0.2, 0.25) is 5.91 Å². The molecule has 1 atom stereocenters. The quantitative estimate of drug-likeness (QED) is 0.728. The molecule has 0 aliphatic carbocycles. The highest BCUT2D eigenvalue weighted by atomic mass is 16.5. The fourth-order valence-corrected chi connectivity index (χ4v) is 4.28. The van der Waals surface area contributed by atoms with Crippen LogP contribution in [0.3, 0.4) is 0 Å². The Bertz CT molecular complexity index is 999. The molecule has 2 amide bonds.